The summed E-state index contributed by atoms with van der Waals surface area (Å²) in [5, 5.41) is 15.2. The van der Waals surface area contributed by atoms with E-state index in [4.69, 9.17) is 0 Å². The van der Waals surface area contributed by atoms with Crippen LogP contribution in [0.5, 0.6) is 0 Å². The first-order valence-electron chi connectivity index (χ1n) is 9.35. The maximum atomic E-state index is 12.8. The van der Waals surface area contributed by atoms with Gasteiger partial charge >= 0.3 is 0 Å². The van der Waals surface area contributed by atoms with Gasteiger partial charge in [-0.05, 0) is 54.5 Å². The first-order valence-corrected chi connectivity index (χ1v) is 10.2. The van der Waals surface area contributed by atoms with Crippen LogP contribution in [0.15, 0.2) is 29.4 Å². The summed E-state index contributed by atoms with van der Waals surface area (Å²) in [6, 6.07) is 7.35. The molecule has 0 spiro atoms. The van der Waals surface area contributed by atoms with Crippen molar-refractivity contribution in [3.8, 4) is 0 Å². The summed E-state index contributed by atoms with van der Waals surface area (Å²) in [6.45, 7) is 5.55. The van der Waals surface area contributed by atoms with Crippen LogP contribution in [0, 0.1) is 5.92 Å². The van der Waals surface area contributed by atoms with E-state index < -0.39 is 0 Å². The number of anilines is 1. The van der Waals surface area contributed by atoms with Gasteiger partial charge in [0.05, 0.1) is 11.3 Å². The molecule has 1 amide bonds. The van der Waals surface area contributed by atoms with Gasteiger partial charge < -0.3 is 5.32 Å². The zero-order chi connectivity index (χ0) is 19.4. The van der Waals surface area contributed by atoms with E-state index in [2.05, 4.69) is 20.8 Å². The van der Waals surface area contributed by atoms with E-state index in [9.17, 15) is 9.59 Å². The minimum Gasteiger partial charge on any atom is -0.326 e. The molecule has 1 fully saturated rings. The number of tetrazole rings is 1. The summed E-state index contributed by atoms with van der Waals surface area (Å²) in [5.41, 5.74) is 1.30. The summed E-state index contributed by atoms with van der Waals surface area (Å²) in [5.74, 6) is -0.118. The van der Waals surface area contributed by atoms with Crippen molar-refractivity contribution in [2.24, 2.45) is 5.92 Å². The molecular formula is C19H25N5O2S. The van der Waals surface area contributed by atoms with Gasteiger partial charge in [0.2, 0.25) is 11.1 Å². The molecule has 7 nitrogen and oxygen atoms in total. The van der Waals surface area contributed by atoms with E-state index in [-0.39, 0.29) is 22.9 Å². The molecule has 144 valence electrons. The van der Waals surface area contributed by atoms with Crippen LogP contribution in [0.2, 0.25) is 0 Å². The second-order valence-electron chi connectivity index (χ2n) is 7.19. The van der Waals surface area contributed by atoms with Crippen LogP contribution in [0.25, 0.3) is 0 Å². The van der Waals surface area contributed by atoms with Crippen LogP contribution in [0.4, 0.5) is 5.69 Å². The zero-order valence-corrected chi connectivity index (χ0v) is 16.7. The summed E-state index contributed by atoms with van der Waals surface area (Å²) in [7, 11) is 0. The molecule has 1 N–H and O–H groups in total. The summed E-state index contributed by atoms with van der Waals surface area (Å²) < 4.78 is 1.87. The zero-order valence-electron chi connectivity index (χ0n) is 15.9. The number of carbonyl (C=O) groups is 2. The van der Waals surface area contributed by atoms with Gasteiger partial charge in [-0.2, -0.15) is 0 Å². The van der Waals surface area contributed by atoms with Crippen LogP contribution in [0.1, 0.15) is 62.9 Å². The molecule has 1 aromatic carbocycles. The van der Waals surface area contributed by atoms with Crippen molar-refractivity contribution in [3.05, 3.63) is 29.8 Å². The topological polar surface area (TPSA) is 89.8 Å². The van der Waals surface area contributed by atoms with Crippen molar-refractivity contribution < 1.29 is 9.59 Å². The second kappa shape index (κ2) is 8.65. The number of nitrogens with zero attached hydrogens (tertiary/aromatic N) is 4. The molecule has 1 unspecified atom stereocenters. The number of rotatable bonds is 7. The minimum atomic E-state index is -0.299. The molecule has 8 heteroatoms. The molecule has 1 aromatic heterocycles. The van der Waals surface area contributed by atoms with Crippen LogP contribution >= 0.6 is 11.8 Å². The summed E-state index contributed by atoms with van der Waals surface area (Å²) in [4.78, 5) is 24.5. The third-order valence-electron chi connectivity index (χ3n) is 4.75. The molecule has 1 aliphatic carbocycles. The van der Waals surface area contributed by atoms with Gasteiger partial charge in [-0.25, -0.2) is 4.68 Å². The first-order chi connectivity index (χ1) is 13.0. The van der Waals surface area contributed by atoms with Gasteiger partial charge in [0.25, 0.3) is 0 Å². The molecule has 1 atom stereocenters. The largest absolute Gasteiger partial charge is 0.326 e. The highest BCUT2D eigenvalue weighted by molar-refractivity contribution is 8.00. The second-order valence-corrected chi connectivity index (χ2v) is 8.50. The number of nitrogens with one attached hydrogen (secondary N) is 1. The number of Topliss-reactive ketones (excluding diaryl/α,β-unsaturated/α-hetero) is 1. The Bertz CT molecular complexity index is 797. The fraction of sp³-hybridized carbons (Fsp3) is 0.526. The predicted octanol–water partition coefficient (Wildman–Crippen LogP) is 3.75. The molecule has 0 radical (unpaired) electrons. The lowest BCUT2D eigenvalue weighted by atomic mass is 10.1. The van der Waals surface area contributed by atoms with Gasteiger partial charge in [-0.15, -0.1) is 5.10 Å². The van der Waals surface area contributed by atoms with Crippen LogP contribution < -0.4 is 5.32 Å². The number of thioether (sulfide) groups is 1. The fourth-order valence-corrected chi connectivity index (χ4v) is 4.03. The van der Waals surface area contributed by atoms with E-state index >= 15 is 0 Å². The fourth-order valence-electron chi connectivity index (χ4n) is 3.09. The van der Waals surface area contributed by atoms with Crippen molar-refractivity contribution in [1.82, 2.24) is 20.2 Å². The number of ketones is 1. The van der Waals surface area contributed by atoms with Gasteiger partial charge in [-0.3, -0.25) is 9.59 Å². The van der Waals surface area contributed by atoms with Crippen molar-refractivity contribution in [2.75, 3.05) is 5.32 Å². The van der Waals surface area contributed by atoms with Crippen LogP contribution in [-0.2, 0) is 4.79 Å². The Labute approximate surface area is 163 Å². The molecule has 27 heavy (non-hydrogen) atoms. The molecule has 0 saturated heterocycles. The normalized spacial score (nSPS) is 15.9. The Kier molecular flexibility index (Phi) is 6.26. The Morgan fingerprint density at radius 1 is 1.15 bits per heavy atom. The third kappa shape index (κ3) is 4.74. The average Bonchev–Trinajstić information content (AvgIpc) is 3.33. The average molecular weight is 388 g/mol. The van der Waals surface area contributed by atoms with E-state index in [0.717, 1.165) is 12.8 Å². The van der Waals surface area contributed by atoms with Gasteiger partial charge in [0.1, 0.15) is 0 Å². The highest BCUT2D eigenvalue weighted by Gasteiger charge is 2.25. The molecule has 1 heterocycles. The van der Waals surface area contributed by atoms with Crippen LogP contribution in [-0.4, -0.2) is 37.1 Å². The lowest BCUT2D eigenvalue weighted by molar-refractivity contribution is -0.118. The van der Waals surface area contributed by atoms with Crippen molar-refractivity contribution in [1.29, 1.82) is 0 Å². The van der Waals surface area contributed by atoms with Gasteiger partial charge in [0, 0.05) is 17.2 Å². The number of hydrogen-bond acceptors (Lipinski definition) is 6. The number of amides is 1. The maximum Gasteiger partial charge on any atom is 0.226 e. The summed E-state index contributed by atoms with van der Waals surface area (Å²) in [6.07, 6.45) is 4.57. The maximum absolute atomic E-state index is 12.8. The first kappa shape index (κ1) is 19.5. The lowest BCUT2D eigenvalue weighted by Crippen LogP contribution is -2.18. The minimum absolute atomic E-state index is 0.0164. The Balaban J connectivity index is 1.64. The molecule has 2 aromatic rings. The molecule has 3 rings (SSSR count). The van der Waals surface area contributed by atoms with Crippen molar-refractivity contribution >= 4 is 29.1 Å². The van der Waals surface area contributed by atoms with E-state index in [1.165, 1.54) is 24.6 Å². The Morgan fingerprint density at radius 3 is 2.44 bits per heavy atom. The lowest BCUT2D eigenvalue weighted by Gasteiger charge is -2.14. The molecule has 1 saturated carbocycles. The van der Waals surface area contributed by atoms with E-state index in [1.807, 2.05) is 25.5 Å². The predicted molar refractivity (Wildman–Crippen MR) is 105 cm³/mol. The number of aromatic nitrogens is 4. The Morgan fingerprint density at radius 2 is 1.81 bits per heavy atom. The number of carbonyl (C=O) groups excluding carboxylic acids is 2. The molecular weight excluding hydrogens is 362 g/mol. The smallest absolute Gasteiger partial charge is 0.226 e. The van der Waals surface area contributed by atoms with Crippen molar-refractivity contribution in [3.63, 3.8) is 0 Å². The SMILES string of the molecule is CC(C)C(=O)Nc1ccc(C(=O)C(C)Sc2nnnn2C2CCCC2)cc1. The van der Waals surface area contributed by atoms with Crippen molar-refractivity contribution in [2.45, 2.75) is 62.9 Å². The van der Waals surface area contributed by atoms with Gasteiger partial charge in [-0.1, -0.05) is 38.5 Å². The van der Waals surface area contributed by atoms with E-state index in [0.29, 0.717) is 22.4 Å². The number of hydrogen-bond donors (Lipinski definition) is 1. The monoisotopic (exact) mass is 387 g/mol. The third-order valence-corrected chi connectivity index (χ3v) is 5.79. The number of benzene rings is 1. The standard InChI is InChI=1S/C19H25N5O2S/c1-12(2)18(26)20-15-10-8-14(9-11-15)17(25)13(3)27-19-21-22-23-24(19)16-6-4-5-7-16/h8-13,16H,4-7H2,1-3H3,(H,20,26). The van der Waals surface area contributed by atoms with Crippen LogP contribution in [0.3, 0.4) is 0 Å². The molecule has 1 aliphatic rings. The van der Waals surface area contributed by atoms with E-state index in [1.54, 1.807) is 24.3 Å². The Hall–Kier alpha value is -2.22. The highest BCUT2D eigenvalue weighted by atomic mass is 32.2. The summed E-state index contributed by atoms with van der Waals surface area (Å²) >= 11 is 1.39. The highest BCUT2D eigenvalue weighted by Crippen LogP contribution is 2.33. The molecule has 0 aliphatic heterocycles. The molecule has 0 bridgehead atoms. The quantitative estimate of drug-likeness (QED) is 0.575. The van der Waals surface area contributed by atoms with Gasteiger partial charge in [0.15, 0.2) is 5.78 Å².